The standard InChI is InChI=1S/C19H23N5O3/c1-12-10-23(19(25)26)8-7-15(12)21-18-22-16-5-3-4-6-17(16)24(18)11-14-9-20-13(2)27-14/h3-6,9,12,15H,7-8,10-11H2,1-2H3,(H,21,22)(H,25,26). The summed E-state index contributed by atoms with van der Waals surface area (Å²) < 4.78 is 7.74. The summed E-state index contributed by atoms with van der Waals surface area (Å²) in [6, 6.07) is 8.14. The van der Waals surface area contributed by atoms with Gasteiger partial charge in [-0.2, -0.15) is 0 Å². The number of rotatable bonds is 4. The van der Waals surface area contributed by atoms with Crippen LogP contribution in [0.2, 0.25) is 0 Å². The summed E-state index contributed by atoms with van der Waals surface area (Å²) in [5, 5.41) is 12.8. The zero-order chi connectivity index (χ0) is 19.0. The molecule has 4 rings (SSSR count). The SMILES string of the molecule is Cc1ncc(Cn2c(NC3CCN(C(=O)O)CC3C)nc3ccccc32)o1. The van der Waals surface area contributed by atoms with Crippen LogP contribution >= 0.6 is 0 Å². The van der Waals surface area contributed by atoms with Crippen molar-refractivity contribution in [2.45, 2.75) is 32.9 Å². The molecular weight excluding hydrogens is 346 g/mol. The van der Waals surface area contributed by atoms with Gasteiger partial charge in [-0.3, -0.25) is 0 Å². The number of imidazole rings is 1. The van der Waals surface area contributed by atoms with Crippen molar-refractivity contribution in [1.29, 1.82) is 0 Å². The molecule has 0 aliphatic carbocycles. The Labute approximate surface area is 156 Å². The van der Waals surface area contributed by atoms with E-state index in [2.05, 4.69) is 21.8 Å². The summed E-state index contributed by atoms with van der Waals surface area (Å²) in [4.78, 5) is 21.6. The number of nitrogens with zero attached hydrogens (tertiary/aromatic N) is 4. The van der Waals surface area contributed by atoms with Crippen LogP contribution in [0.1, 0.15) is 25.0 Å². The molecule has 2 N–H and O–H groups in total. The second kappa shape index (κ2) is 6.94. The van der Waals surface area contributed by atoms with Crippen molar-refractivity contribution in [2.75, 3.05) is 18.4 Å². The zero-order valence-electron chi connectivity index (χ0n) is 15.4. The molecule has 1 aromatic carbocycles. The number of para-hydroxylation sites is 2. The molecule has 27 heavy (non-hydrogen) atoms. The second-order valence-corrected chi connectivity index (χ2v) is 7.10. The minimum absolute atomic E-state index is 0.160. The minimum Gasteiger partial charge on any atom is -0.465 e. The van der Waals surface area contributed by atoms with Crippen molar-refractivity contribution in [3.05, 3.63) is 42.1 Å². The van der Waals surface area contributed by atoms with Crippen molar-refractivity contribution in [3.63, 3.8) is 0 Å². The topological polar surface area (TPSA) is 96.4 Å². The first-order valence-electron chi connectivity index (χ1n) is 9.12. The second-order valence-electron chi connectivity index (χ2n) is 7.10. The molecule has 2 unspecified atom stereocenters. The highest BCUT2D eigenvalue weighted by molar-refractivity contribution is 5.78. The lowest BCUT2D eigenvalue weighted by molar-refractivity contribution is 0.119. The fourth-order valence-corrected chi connectivity index (χ4v) is 3.68. The van der Waals surface area contributed by atoms with E-state index in [0.717, 1.165) is 29.2 Å². The summed E-state index contributed by atoms with van der Waals surface area (Å²) in [6.07, 6.45) is 1.63. The van der Waals surface area contributed by atoms with Crippen LogP contribution in [0.15, 0.2) is 34.9 Å². The van der Waals surface area contributed by atoms with Gasteiger partial charge in [-0.05, 0) is 24.5 Å². The van der Waals surface area contributed by atoms with E-state index in [1.807, 2.05) is 31.2 Å². The van der Waals surface area contributed by atoms with Crippen molar-refractivity contribution >= 4 is 23.1 Å². The highest BCUT2D eigenvalue weighted by atomic mass is 16.4. The summed E-state index contributed by atoms with van der Waals surface area (Å²) in [5.41, 5.74) is 1.93. The van der Waals surface area contributed by atoms with Gasteiger partial charge in [0.05, 0.1) is 23.8 Å². The number of hydrogen-bond donors (Lipinski definition) is 2. The molecule has 8 nitrogen and oxygen atoms in total. The number of oxazole rings is 1. The fourth-order valence-electron chi connectivity index (χ4n) is 3.68. The van der Waals surface area contributed by atoms with Crippen LogP contribution in [0.25, 0.3) is 11.0 Å². The Morgan fingerprint density at radius 3 is 2.93 bits per heavy atom. The Balaban J connectivity index is 1.61. The molecule has 2 aromatic heterocycles. The molecule has 2 atom stereocenters. The van der Waals surface area contributed by atoms with Gasteiger partial charge in [0.15, 0.2) is 5.89 Å². The predicted molar refractivity (Wildman–Crippen MR) is 101 cm³/mol. The Morgan fingerprint density at radius 1 is 1.41 bits per heavy atom. The number of carboxylic acid groups (broad SMARTS) is 1. The smallest absolute Gasteiger partial charge is 0.407 e. The van der Waals surface area contributed by atoms with Crippen LogP contribution < -0.4 is 5.32 Å². The Kier molecular flexibility index (Phi) is 4.47. The lowest BCUT2D eigenvalue weighted by atomic mass is 9.94. The molecule has 0 spiro atoms. The summed E-state index contributed by atoms with van der Waals surface area (Å²) in [6.45, 7) is 5.48. The first-order valence-corrected chi connectivity index (χ1v) is 9.12. The number of aryl methyl sites for hydroxylation is 1. The number of hydrogen-bond acceptors (Lipinski definition) is 5. The number of piperidine rings is 1. The normalized spacial score (nSPS) is 20.1. The van der Waals surface area contributed by atoms with Gasteiger partial charge in [-0.25, -0.2) is 14.8 Å². The summed E-state index contributed by atoms with van der Waals surface area (Å²) in [7, 11) is 0. The molecule has 8 heteroatoms. The van der Waals surface area contributed by atoms with E-state index >= 15 is 0 Å². The molecule has 0 bridgehead atoms. The zero-order valence-corrected chi connectivity index (χ0v) is 15.4. The quantitative estimate of drug-likeness (QED) is 0.733. The van der Waals surface area contributed by atoms with Gasteiger partial charge in [-0.1, -0.05) is 19.1 Å². The maximum absolute atomic E-state index is 11.2. The van der Waals surface area contributed by atoms with Crippen molar-refractivity contribution in [3.8, 4) is 0 Å². The average Bonchev–Trinajstić information content (AvgIpc) is 3.20. The lowest BCUT2D eigenvalue weighted by Crippen LogP contribution is -2.47. The molecule has 3 heterocycles. The number of fused-ring (bicyclic) bond motifs is 1. The van der Waals surface area contributed by atoms with Crippen LogP contribution in [0.4, 0.5) is 10.7 Å². The molecule has 1 aliphatic heterocycles. The van der Waals surface area contributed by atoms with E-state index in [9.17, 15) is 9.90 Å². The minimum atomic E-state index is -0.853. The molecule has 142 valence electrons. The number of likely N-dealkylation sites (tertiary alicyclic amines) is 1. The van der Waals surface area contributed by atoms with E-state index in [0.29, 0.717) is 25.5 Å². The maximum atomic E-state index is 11.2. The molecule has 1 aliphatic rings. The Bertz CT molecular complexity index is 963. The molecule has 1 saturated heterocycles. The van der Waals surface area contributed by atoms with Crippen LogP contribution in [0.3, 0.4) is 0 Å². The third kappa shape index (κ3) is 3.47. The van der Waals surface area contributed by atoms with Crippen molar-refractivity contribution < 1.29 is 14.3 Å². The van der Waals surface area contributed by atoms with E-state index in [4.69, 9.17) is 9.40 Å². The monoisotopic (exact) mass is 369 g/mol. The van der Waals surface area contributed by atoms with Gasteiger partial charge in [0.1, 0.15) is 5.76 Å². The number of benzene rings is 1. The van der Waals surface area contributed by atoms with Crippen LogP contribution in [-0.2, 0) is 6.54 Å². The molecular formula is C19H23N5O3. The molecule has 0 saturated carbocycles. The Morgan fingerprint density at radius 2 is 2.22 bits per heavy atom. The van der Waals surface area contributed by atoms with Gasteiger partial charge in [0, 0.05) is 26.1 Å². The van der Waals surface area contributed by atoms with E-state index in [1.165, 1.54) is 4.90 Å². The van der Waals surface area contributed by atoms with E-state index in [1.54, 1.807) is 6.20 Å². The first kappa shape index (κ1) is 17.4. The lowest BCUT2D eigenvalue weighted by Gasteiger charge is -2.36. The highest BCUT2D eigenvalue weighted by Gasteiger charge is 2.29. The molecule has 3 aromatic rings. The van der Waals surface area contributed by atoms with Crippen molar-refractivity contribution in [2.24, 2.45) is 5.92 Å². The molecule has 0 radical (unpaired) electrons. The van der Waals surface area contributed by atoms with Crippen LogP contribution in [-0.4, -0.2) is 49.8 Å². The number of anilines is 1. The molecule has 1 amide bonds. The van der Waals surface area contributed by atoms with E-state index < -0.39 is 6.09 Å². The maximum Gasteiger partial charge on any atom is 0.407 e. The van der Waals surface area contributed by atoms with Gasteiger partial charge >= 0.3 is 6.09 Å². The highest BCUT2D eigenvalue weighted by Crippen LogP contribution is 2.25. The fraction of sp³-hybridized carbons (Fsp3) is 0.421. The number of nitrogens with one attached hydrogen (secondary N) is 1. The largest absolute Gasteiger partial charge is 0.465 e. The van der Waals surface area contributed by atoms with Gasteiger partial charge in [-0.15, -0.1) is 0 Å². The predicted octanol–water partition coefficient (Wildman–Crippen LogP) is 3.18. The van der Waals surface area contributed by atoms with Gasteiger partial charge < -0.3 is 24.3 Å². The summed E-state index contributed by atoms with van der Waals surface area (Å²) in [5.74, 6) is 2.37. The third-order valence-corrected chi connectivity index (χ3v) is 5.13. The average molecular weight is 369 g/mol. The van der Waals surface area contributed by atoms with Crippen molar-refractivity contribution in [1.82, 2.24) is 19.4 Å². The van der Waals surface area contributed by atoms with Gasteiger partial charge in [0.25, 0.3) is 0 Å². The number of aromatic nitrogens is 3. The third-order valence-electron chi connectivity index (χ3n) is 5.13. The number of carbonyl (C=O) groups is 1. The number of amides is 1. The first-order chi connectivity index (χ1) is 13.0. The molecule has 1 fully saturated rings. The van der Waals surface area contributed by atoms with Crippen LogP contribution in [0, 0.1) is 12.8 Å². The van der Waals surface area contributed by atoms with Crippen LogP contribution in [0.5, 0.6) is 0 Å². The summed E-state index contributed by atoms with van der Waals surface area (Å²) >= 11 is 0. The Hall–Kier alpha value is -3.03. The van der Waals surface area contributed by atoms with Gasteiger partial charge in [0.2, 0.25) is 5.95 Å². The van der Waals surface area contributed by atoms with E-state index in [-0.39, 0.29) is 12.0 Å².